The summed E-state index contributed by atoms with van der Waals surface area (Å²) in [6.45, 7) is 1.37. The van der Waals surface area contributed by atoms with E-state index in [2.05, 4.69) is 5.32 Å². The molecule has 0 bridgehead atoms. The molecule has 98 valence electrons. The second-order valence-corrected chi connectivity index (χ2v) is 4.09. The number of carbonyl (C=O) groups excluding carboxylic acids is 1. The van der Waals surface area contributed by atoms with Gasteiger partial charge >= 0.3 is 12.0 Å². The number of hydrogen-bond donors (Lipinski definition) is 2. The van der Waals surface area contributed by atoms with Crippen molar-refractivity contribution in [3.8, 4) is 0 Å². The number of nitrogens with one attached hydrogen (secondary N) is 1. The average molecular weight is 275 g/mol. The van der Waals surface area contributed by atoms with Crippen LogP contribution in [-0.2, 0) is 4.79 Å². The van der Waals surface area contributed by atoms with E-state index in [1.807, 2.05) is 0 Å². The molecule has 5 nitrogen and oxygen atoms in total. The van der Waals surface area contributed by atoms with Gasteiger partial charge < -0.3 is 15.3 Å². The first-order valence-corrected chi connectivity index (χ1v) is 5.42. The largest absolute Gasteiger partial charge is 0.480 e. The molecular weight excluding hydrogens is 263 g/mol. The topological polar surface area (TPSA) is 69.6 Å². The van der Waals surface area contributed by atoms with Gasteiger partial charge in [0.25, 0.3) is 0 Å². The van der Waals surface area contributed by atoms with Gasteiger partial charge in [-0.1, -0.05) is 11.6 Å². The van der Waals surface area contributed by atoms with Crippen molar-refractivity contribution in [1.29, 1.82) is 0 Å². The smallest absolute Gasteiger partial charge is 0.326 e. The maximum Gasteiger partial charge on any atom is 0.326 e. The maximum absolute atomic E-state index is 12.9. The highest BCUT2D eigenvalue weighted by Crippen LogP contribution is 2.19. The first-order chi connectivity index (χ1) is 8.32. The molecule has 0 aliphatic carbocycles. The van der Waals surface area contributed by atoms with Crippen LogP contribution in [0.3, 0.4) is 0 Å². The molecule has 0 fully saturated rings. The van der Waals surface area contributed by atoms with Gasteiger partial charge in [-0.25, -0.2) is 14.0 Å². The lowest BCUT2D eigenvalue weighted by Crippen LogP contribution is -2.42. The van der Waals surface area contributed by atoms with Crippen LogP contribution in [0.15, 0.2) is 18.2 Å². The van der Waals surface area contributed by atoms with Crippen LogP contribution in [0, 0.1) is 5.82 Å². The molecule has 0 aliphatic heterocycles. The average Bonchev–Trinajstić information content (AvgIpc) is 2.31. The lowest BCUT2D eigenvalue weighted by atomic mass is 10.3. The molecule has 1 aromatic rings. The molecule has 0 radical (unpaired) electrons. The number of carbonyl (C=O) groups is 2. The Labute approximate surface area is 108 Å². The number of likely N-dealkylation sites (N-methyl/N-ethyl adjacent to an activating group) is 1. The van der Waals surface area contributed by atoms with Crippen LogP contribution in [-0.4, -0.2) is 35.1 Å². The lowest BCUT2D eigenvalue weighted by molar-refractivity contribution is -0.141. The highest BCUT2D eigenvalue weighted by Gasteiger charge is 2.21. The molecule has 0 aromatic heterocycles. The van der Waals surface area contributed by atoms with Crippen LogP contribution in [0.1, 0.15) is 6.92 Å². The fourth-order valence-electron chi connectivity index (χ4n) is 1.13. The Morgan fingerprint density at radius 1 is 1.50 bits per heavy atom. The van der Waals surface area contributed by atoms with Gasteiger partial charge in [-0.2, -0.15) is 0 Å². The van der Waals surface area contributed by atoms with Crippen molar-refractivity contribution in [3.63, 3.8) is 0 Å². The van der Waals surface area contributed by atoms with Crippen LogP contribution in [0.5, 0.6) is 0 Å². The standard InChI is InChI=1S/C11H12ClFN2O3/c1-6(10(16)17)15(2)11(18)14-7-3-4-9(13)8(12)5-7/h3-6H,1-2H3,(H,14,18)(H,16,17). The van der Waals surface area contributed by atoms with E-state index in [1.165, 1.54) is 26.1 Å². The van der Waals surface area contributed by atoms with Crippen molar-refractivity contribution in [3.05, 3.63) is 29.0 Å². The third kappa shape index (κ3) is 3.33. The van der Waals surface area contributed by atoms with Gasteiger partial charge in [0.15, 0.2) is 0 Å². The van der Waals surface area contributed by atoms with E-state index in [1.54, 1.807) is 0 Å². The summed E-state index contributed by atoms with van der Waals surface area (Å²) >= 11 is 5.56. The van der Waals surface area contributed by atoms with E-state index in [0.29, 0.717) is 0 Å². The Morgan fingerprint density at radius 3 is 2.61 bits per heavy atom. The first-order valence-electron chi connectivity index (χ1n) is 5.04. The fraction of sp³-hybridized carbons (Fsp3) is 0.273. The number of urea groups is 1. The van der Waals surface area contributed by atoms with Crippen molar-refractivity contribution in [2.45, 2.75) is 13.0 Å². The van der Waals surface area contributed by atoms with Crippen molar-refractivity contribution in [2.75, 3.05) is 12.4 Å². The Bertz CT molecular complexity index is 481. The molecule has 1 aromatic carbocycles. The molecule has 0 saturated heterocycles. The fourth-order valence-corrected chi connectivity index (χ4v) is 1.31. The Hall–Kier alpha value is -1.82. The van der Waals surface area contributed by atoms with Gasteiger partial charge in [0.2, 0.25) is 0 Å². The minimum Gasteiger partial charge on any atom is -0.480 e. The second kappa shape index (κ2) is 5.68. The molecular formula is C11H12ClFN2O3. The Kier molecular flexibility index (Phi) is 4.49. The van der Waals surface area contributed by atoms with Crippen LogP contribution in [0.25, 0.3) is 0 Å². The number of carboxylic acids is 1. The molecule has 0 aliphatic rings. The van der Waals surface area contributed by atoms with E-state index in [0.717, 1.165) is 11.0 Å². The lowest BCUT2D eigenvalue weighted by Gasteiger charge is -2.21. The summed E-state index contributed by atoms with van der Waals surface area (Å²) < 4.78 is 12.9. The molecule has 1 rings (SSSR count). The van der Waals surface area contributed by atoms with Gasteiger partial charge in [0, 0.05) is 12.7 Å². The van der Waals surface area contributed by atoms with Crippen LogP contribution < -0.4 is 5.32 Å². The number of hydrogen-bond acceptors (Lipinski definition) is 2. The summed E-state index contributed by atoms with van der Waals surface area (Å²) in [6.07, 6.45) is 0. The highest BCUT2D eigenvalue weighted by atomic mass is 35.5. The SMILES string of the molecule is CC(C(=O)O)N(C)C(=O)Nc1ccc(F)c(Cl)c1. The number of carboxylic acid groups (broad SMARTS) is 1. The van der Waals surface area contributed by atoms with E-state index in [4.69, 9.17) is 16.7 Å². The van der Waals surface area contributed by atoms with Crippen LogP contribution in [0.4, 0.5) is 14.9 Å². The molecule has 0 saturated carbocycles. The summed E-state index contributed by atoms with van der Waals surface area (Å²) in [5, 5.41) is 11.1. The number of benzene rings is 1. The summed E-state index contributed by atoms with van der Waals surface area (Å²) in [5.41, 5.74) is 0.288. The summed E-state index contributed by atoms with van der Waals surface area (Å²) in [5.74, 6) is -1.72. The molecule has 2 amide bonds. The Balaban J connectivity index is 2.75. The molecule has 7 heteroatoms. The molecule has 1 unspecified atom stereocenters. The van der Waals surface area contributed by atoms with Crippen LogP contribution in [0.2, 0.25) is 5.02 Å². The zero-order valence-corrected chi connectivity index (χ0v) is 10.5. The van der Waals surface area contributed by atoms with Crippen molar-refractivity contribution in [1.82, 2.24) is 4.90 Å². The number of aliphatic carboxylic acids is 1. The maximum atomic E-state index is 12.9. The summed E-state index contributed by atoms with van der Waals surface area (Å²) in [4.78, 5) is 23.4. The van der Waals surface area contributed by atoms with E-state index in [9.17, 15) is 14.0 Å². The van der Waals surface area contributed by atoms with E-state index < -0.39 is 23.9 Å². The predicted molar refractivity (Wildman–Crippen MR) is 65.3 cm³/mol. The number of nitrogens with zero attached hydrogens (tertiary/aromatic N) is 1. The van der Waals surface area contributed by atoms with Crippen LogP contribution >= 0.6 is 11.6 Å². The highest BCUT2D eigenvalue weighted by molar-refractivity contribution is 6.31. The Morgan fingerprint density at radius 2 is 2.11 bits per heavy atom. The minimum absolute atomic E-state index is 0.123. The zero-order valence-electron chi connectivity index (χ0n) is 9.78. The molecule has 0 spiro atoms. The normalized spacial score (nSPS) is 11.8. The molecule has 2 N–H and O–H groups in total. The second-order valence-electron chi connectivity index (χ2n) is 3.68. The third-order valence-electron chi connectivity index (χ3n) is 2.43. The summed E-state index contributed by atoms with van der Waals surface area (Å²) in [7, 11) is 1.35. The van der Waals surface area contributed by atoms with Gasteiger partial charge in [-0.3, -0.25) is 0 Å². The zero-order chi connectivity index (χ0) is 13.9. The minimum atomic E-state index is -1.12. The molecule has 18 heavy (non-hydrogen) atoms. The summed E-state index contributed by atoms with van der Waals surface area (Å²) in [6, 6.07) is 2.10. The quantitative estimate of drug-likeness (QED) is 0.889. The third-order valence-corrected chi connectivity index (χ3v) is 2.72. The molecule has 1 atom stereocenters. The number of rotatable bonds is 3. The number of amides is 2. The van der Waals surface area contributed by atoms with Gasteiger partial charge in [-0.15, -0.1) is 0 Å². The monoisotopic (exact) mass is 274 g/mol. The van der Waals surface area contributed by atoms with Crippen molar-refractivity contribution < 1.29 is 19.1 Å². The van der Waals surface area contributed by atoms with Crippen molar-refractivity contribution in [2.24, 2.45) is 0 Å². The van der Waals surface area contributed by atoms with Gasteiger partial charge in [0.1, 0.15) is 11.9 Å². The predicted octanol–water partition coefficient (Wildman–Crippen LogP) is 2.42. The van der Waals surface area contributed by atoms with Gasteiger partial charge in [0.05, 0.1) is 5.02 Å². The van der Waals surface area contributed by atoms with Crippen molar-refractivity contribution >= 4 is 29.3 Å². The molecule has 0 heterocycles. The number of anilines is 1. The van der Waals surface area contributed by atoms with Gasteiger partial charge in [-0.05, 0) is 25.1 Å². The first kappa shape index (κ1) is 14.2. The number of halogens is 2. The van der Waals surface area contributed by atoms with E-state index in [-0.39, 0.29) is 10.7 Å². The van der Waals surface area contributed by atoms with E-state index >= 15 is 0 Å².